The number of unbranched alkanes of at least 4 members (excludes halogenated alkanes) is 13. The van der Waals surface area contributed by atoms with Crippen LogP contribution in [0.1, 0.15) is 95.5 Å². The highest BCUT2D eigenvalue weighted by Gasteiger charge is 1.96. The SMILES string of the molecule is C[SH+]CCCCCCCCCCCCCCCCc1ccc(O)cc1.[Br-]. The zero-order valence-electron chi connectivity index (χ0n) is 16.9. The van der Waals surface area contributed by atoms with E-state index < -0.39 is 0 Å². The van der Waals surface area contributed by atoms with Crippen molar-refractivity contribution in [1.29, 1.82) is 0 Å². The lowest BCUT2D eigenvalue weighted by molar-refractivity contribution is -0.00000640. The Morgan fingerprint density at radius 1 is 0.615 bits per heavy atom. The minimum absolute atomic E-state index is 0. The molecule has 0 unspecified atom stereocenters. The molecule has 1 aromatic carbocycles. The molecule has 1 nitrogen and oxygen atoms in total. The van der Waals surface area contributed by atoms with E-state index in [0.717, 1.165) is 6.42 Å². The van der Waals surface area contributed by atoms with Crippen molar-refractivity contribution in [2.24, 2.45) is 0 Å². The molecule has 0 saturated carbocycles. The number of aromatic hydroxyl groups is 1. The molecule has 26 heavy (non-hydrogen) atoms. The van der Waals surface area contributed by atoms with Gasteiger partial charge in [0, 0.05) is 0 Å². The van der Waals surface area contributed by atoms with Gasteiger partial charge in [-0.3, -0.25) is 0 Å². The molecular weight excluding hydrogens is 404 g/mol. The van der Waals surface area contributed by atoms with Gasteiger partial charge in [-0.2, -0.15) is 0 Å². The summed E-state index contributed by atoms with van der Waals surface area (Å²) >= 11 is 1.57. The van der Waals surface area contributed by atoms with Crippen molar-refractivity contribution >= 4 is 11.8 Å². The van der Waals surface area contributed by atoms with Gasteiger partial charge >= 0.3 is 0 Å². The molecule has 1 aromatic rings. The molecule has 0 aromatic heterocycles. The smallest absolute Gasteiger partial charge is 0.115 e. The van der Waals surface area contributed by atoms with E-state index in [-0.39, 0.29) is 17.0 Å². The van der Waals surface area contributed by atoms with Gasteiger partial charge in [-0.1, -0.05) is 82.8 Å². The summed E-state index contributed by atoms with van der Waals surface area (Å²) in [7, 11) is 0. The van der Waals surface area contributed by atoms with Gasteiger partial charge in [0.15, 0.2) is 0 Å². The Balaban J connectivity index is 0.00000625. The molecule has 0 heterocycles. The highest BCUT2D eigenvalue weighted by Crippen LogP contribution is 2.15. The number of hydrogen-bond donors (Lipinski definition) is 1. The summed E-state index contributed by atoms with van der Waals surface area (Å²) in [6, 6.07) is 7.67. The number of benzene rings is 1. The van der Waals surface area contributed by atoms with Gasteiger partial charge in [0.25, 0.3) is 0 Å². The normalized spacial score (nSPS) is 10.7. The van der Waals surface area contributed by atoms with E-state index in [2.05, 4.69) is 6.26 Å². The molecule has 0 aliphatic rings. The van der Waals surface area contributed by atoms with Gasteiger partial charge in [0.05, 0.1) is 6.26 Å². The Labute approximate surface area is 177 Å². The monoisotopic (exact) mass is 444 g/mol. The van der Waals surface area contributed by atoms with Crippen LogP contribution in [0.5, 0.6) is 5.75 Å². The van der Waals surface area contributed by atoms with Crippen LogP contribution < -0.4 is 17.0 Å². The highest BCUT2D eigenvalue weighted by molar-refractivity contribution is 7.77. The van der Waals surface area contributed by atoms with Crippen molar-refractivity contribution in [1.82, 2.24) is 0 Å². The molecule has 0 spiro atoms. The molecule has 1 rings (SSSR count). The maximum absolute atomic E-state index is 9.27. The first kappa shape index (κ1) is 25.9. The Kier molecular flexibility index (Phi) is 19.5. The molecule has 0 fully saturated rings. The van der Waals surface area contributed by atoms with Gasteiger partial charge < -0.3 is 22.1 Å². The van der Waals surface area contributed by atoms with Gasteiger partial charge in [-0.25, -0.2) is 0 Å². The number of phenolic OH excluding ortho intramolecular Hbond substituents is 1. The van der Waals surface area contributed by atoms with Gasteiger partial charge in [0.2, 0.25) is 0 Å². The van der Waals surface area contributed by atoms with Crippen LogP contribution in [0.4, 0.5) is 0 Å². The van der Waals surface area contributed by atoms with E-state index in [1.807, 2.05) is 12.1 Å². The largest absolute Gasteiger partial charge is 1.00 e. The lowest BCUT2D eigenvalue weighted by atomic mass is 10.0. The fraction of sp³-hybridized carbons (Fsp3) is 0.739. The van der Waals surface area contributed by atoms with Crippen LogP contribution in [-0.2, 0) is 18.2 Å². The van der Waals surface area contributed by atoms with Crippen molar-refractivity contribution < 1.29 is 22.1 Å². The first-order valence-electron chi connectivity index (χ1n) is 10.7. The van der Waals surface area contributed by atoms with Crippen molar-refractivity contribution in [3.05, 3.63) is 29.8 Å². The lowest BCUT2D eigenvalue weighted by Gasteiger charge is -2.04. The zero-order chi connectivity index (χ0) is 18.0. The maximum Gasteiger partial charge on any atom is 0.115 e. The van der Waals surface area contributed by atoms with Crippen LogP contribution in [0.3, 0.4) is 0 Å². The quantitative estimate of drug-likeness (QED) is 0.219. The lowest BCUT2D eigenvalue weighted by Crippen LogP contribution is -3.00. The number of halogens is 1. The summed E-state index contributed by atoms with van der Waals surface area (Å²) in [6.07, 6.45) is 23.3. The van der Waals surface area contributed by atoms with Gasteiger partial charge in [0.1, 0.15) is 11.5 Å². The second kappa shape index (κ2) is 19.6. The van der Waals surface area contributed by atoms with Crippen LogP contribution in [0.25, 0.3) is 0 Å². The molecule has 0 atom stereocenters. The maximum atomic E-state index is 9.27. The Morgan fingerprint density at radius 2 is 1.00 bits per heavy atom. The van der Waals surface area contributed by atoms with E-state index >= 15 is 0 Å². The number of phenols is 1. The first-order valence-corrected chi connectivity index (χ1v) is 12.2. The summed E-state index contributed by atoms with van der Waals surface area (Å²) in [5, 5.41) is 9.27. The fourth-order valence-electron chi connectivity index (χ4n) is 3.38. The molecule has 0 saturated heterocycles. The number of aryl methyl sites for hydroxylation is 1. The zero-order valence-corrected chi connectivity index (χ0v) is 19.4. The molecule has 0 bridgehead atoms. The second-order valence-electron chi connectivity index (χ2n) is 7.41. The fourth-order valence-corrected chi connectivity index (χ4v) is 3.92. The molecule has 0 amide bonds. The standard InChI is InChI=1S/C23H40OS.BrH/c1-25-21-15-13-11-9-7-5-3-2-4-6-8-10-12-14-16-22-17-19-23(24)20-18-22;/h17-20,24H,2-16,21H2,1H3;1H. The minimum atomic E-state index is 0. The van der Waals surface area contributed by atoms with Crippen molar-refractivity contribution in [2.75, 3.05) is 12.0 Å². The van der Waals surface area contributed by atoms with Crippen molar-refractivity contribution in [2.45, 2.75) is 96.3 Å². The van der Waals surface area contributed by atoms with E-state index in [0.29, 0.717) is 5.75 Å². The summed E-state index contributed by atoms with van der Waals surface area (Å²) in [5.41, 5.74) is 1.35. The highest BCUT2D eigenvalue weighted by atomic mass is 79.9. The third-order valence-electron chi connectivity index (χ3n) is 5.03. The second-order valence-corrected chi connectivity index (χ2v) is 8.49. The third kappa shape index (κ3) is 16.1. The first-order chi connectivity index (χ1) is 12.3. The van der Waals surface area contributed by atoms with E-state index in [1.54, 1.807) is 23.9 Å². The molecular formula is C23H41BrOS. The van der Waals surface area contributed by atoms with Crippen LogP contribution >= 0.6 is 0 Å². The molecule has 0 radical (unpaired) electrons. The topological polar surface area (TPSA) is 20.2 Å². The van der Waals surface area contributed by atoms with Gasteiger partial charge in [-0.15, -0.1) is 0 Å². The van der Waals surface area contributed by atoms with Crippen molar-refractivity contribution in [3.8, 4) is 5.75 Å². The third-order valence-corrected chi connectivity index (χ3v) is 5.80. The molecule has 0 aliphatic carbocycles. The van der Waals surface area contributed by atoms with E-state index in [9.17, 15) is 5.11 Å². The van der Waals surface area contributed by atoms with E-state index in [1.165, 1.54) is 101 Å². The minimum Gasteiger partial charge on any atom is -1.00 e. The summed E-state index contributed by atoms with van der Waals surface area (Å²) in [4.78, 5) is 0. The van der Waals surface area contributed by atoms with Crippen LogP contribution in [0.15, 0.2) is 24.3 Å². The van der Waals surface area contributed by atoms with E-state index in [4.69, 9.17) is 0 Å². The molecule has 3 heteroatoms. The summed E-state index contributed by atoms with van der Waals surface area (Å²) < 4.78 is 0. The number of thiol groups is 1. The molecule has 152 valence electrons. The Hall–Kier alpha value is -0.150. The van der Waals surface area contributed by atoms with Gasteiger partial charge in [-0.05, 0) is 55.1 Å². The molecule has 1 N–H and O–H groups in total. The van der Waals surface area contributed by atoms with Crippen LogP contribution in [0, 0.1) is 0 Å². The van der Waals surface area contributed by atoms with Crippen molar-refractivity contribution in [3.63, 3.8) is 0 Å². The molecule has 0 aliphatic heterocycles. The summed E-state index contributed by atoms with van der Waals surface area (Å²) in [5.74, 6) is 1.77. The predicted octanol–water partition coefficient (Wildman–Crippen LogP) is 3.84. The average molecular weight is 446 g/mol. The number of hydrogen-bond acceptors (Lipinski definition) is 1. The Morgan fingerprint density at radius 3 is 1.42 bits per heavy atom. The van der Waals surface area contributed by atoms with Crippen LogP contribution in [0.2, 0.25) is 0 Å². The van der Waals surface area contributed by atoms with Crippen LogP contribution in [-0.4, -0.2) is 17.1 Å². The predicted molar refractivity (Wildman–Crippen MR) is 116 cm³/mol. The number of rotatable bonds is 17. The summed E-state index contributed by atoms with van der Waals surface area (Å²) in [6.45, 7) is 0. The average Bonchev–Trinajstić information content (AvgIpc) is 2.63. The Bertz CT molecular complexity index is 394.